The minimum atomic E-state index is -4.67. The highest BCUT2D eigenvalue weighted by Crippen LogP contribution is 2.32. The average molecular weight is 280 g/mol. The molecule has 1 aliphatic carbocycles. The molecule has 2 atom stereocenters. The van der Waals surface area contributed by atoms with Crippen molar-refractivity contribution in [3.05, 3.63) is 12.2 Å². The Hall–Kier alpha value is -1.04. The van der Waals surface area contributed by atoms with Crippen molar-refractivity contribution in [1.29, 1.82) is 0 Å². The monoisotopic (exact) mass is 280 g/mol. The largest absolute Gasteiger partial charge is 0.467 e. The van der Waals surface area contributed by atoms with E-state index in [2.05, 4.69) is 4.74 Å². The first kappa shape index (κ1) is 16.0. The van der Waals surface area contributed by atoms with Gasteiger partial charge in [0.25, 0.3) is 0 Å². The molecule has 110 valence electrons. The van der Waals surface area contributed by atoms with E-state index in [0.29, 0.717) is 0 Å². The number of carbonyl (C=O) groups excluding carboxylic acids is 1. The molecular formula is C13H19F3O3. The zero-order valence-corrected chi connectivity index (χ0v) is 10.8. The van der Waals surface area contributed by atoms with Gasteiger partial charge >= 0.3 is 12.1 Å². The topological polar surface area (TPSA) is 46.5 Å². The molecule has 1 N–H and O–H groups in total. The molecule has 1 aliphatic rings. The van der Waals surface area contributed by atoms with Crippen molar-refractivity contribution < 1.29 is 27.8 Å². The second kappa shape index (κ2) is 6.93. The van der Waals surface area contributed by atoms with E-state index >= 15 is 0 Å². The molecule has 0 aromatic heterocycles. The molecule has 1 fully saturated rings. The Bertz CT molecular complexity index is 320. The minimum Gasteiger partial charge on any atom is -0.467 e. The lowest BCUT2D eigenvalue weighted by atomic mass is 9.87. The van der Waals surface area contributed by atoms with E-state index in [-0.39, 0.29) is 5.92 Å². The number of ether oxygens (including phenoxy) is 1. The van der Waals surface area contributed by atoms with Crippen LogP contribution in [0.1, 0.15) is 32.1 Å². The van der Waals surface area contributed by atoms with Gasteiger partial charge in [0, 0.05) is 0 Å². The van der Waals surface area contributed by atoms with Crippen LogP contribution < -0.4 is 0 Å². The molecule has 0 amide bonds. The van der Waals surface area contributed by atoms with Crippen LogP contribution in [-0.4, -0.2) is 30.5 Å². The molecule has 0 heterocycles. The molecular weight excluding hydrogens is 261 g/mol. The van der Waals surface area contributed by atoms with Crippen molar-refractivity contribution >= 4 is 5.97 Å². The molecule has 1 rings (SSSR count). The summed E-state index contributed by atoms with van der Waals surface area (Å²) in [6.45, 7) is 0. The van der Waals surface area contributed by atoms with Gasteiger partial charge in [-0.25, -0.2) is 4.79 Å². The molecule has 0 bridgehead atoms. The van der Waals surface area contributed by atoms with Crippen LogP contribution in [0.3, 0.4) is 0 Å². The van der Waals surface area contributed by atoms with Crippen LogP contribution in [0, 0.1) is 11.8 Å². The normalized spacial score (nSPS) is 21.3. The van der Waals surface area contributed by atoms with Crippen LogP contribution in [0.5, 0.6) is 0 Å². The Kier molecular flexibility index (Phi) is 5.85. The summed E-state index contributed by atoms with van der Waals surface area (Å²) in [4.78, 5) is 11.0. The Morgan fingerprint density at radius 1 is 1.32 bits per heavy atom. The van der Waals surface area contributed by atoms with Gasteiger partial charge in [-0.3, -0.25) is 0 Å². The standard InChI is InChI=1S/C13H19F3O3/c1-19-12(18)11(17)10(13(14,15)16)8-7-9-5-3-2-4-6-9/h7-11,17H,2-6H2,1H3/b8-7+/t10-,11-/m1/s1. The maximum absolute atomic E-state index is 12.8. The van der Waals surface area contributed by atoms with E-state index in [1.165, 1.54) is 6.08 Å². The minimum absolute atomic E-state index is 0.100. The number of methoxy groups -OCH3 is 1. The van der Waals surface area contributed by atoms with Crippen molar-refractivity contribution in [2.45, 2.75) is 44.4 Å². The van der Waals surface area contributed by atoms with Gasteiger partial charge in [0.15, 0.2) is 6.10 Å². The SMILES string of the molecule is COC(=O)[C@H](O)[C@@H](/C=C/C1CCCCC1)C(F)(F)F. The first-order valence-corrected chi connectivity index (χ1v) is 6.37. The van der Waals surface area contributed by atoms with Crippen LogP contribution in [0.15, 0.2) is 12.2 Å². The molecule has 0 radical (unpaired) electrons. The van der Waals surface area contributed by atoms with Gasteiger partial charge in [-0.1, -0.05) is 31.4 Å². The van der Waals surface area contributed by atoms with Crippen LogP contribution in [0.25, 0.3) is 0 Å². The molecule has 0 unspecified atom stereocenters. The van der Waals surface area contributed by atoms with Gasteiger partial charge in [-0.15, -0.1) is 0 Å². The predicted octanol–water partition coefficient (Wildman–Crippen LogP) is 2.84. The Balaban J connectivity index is 2.74. The van der Waals surface area contributed by atoms with E-state index in [4.69, 9.17) is 0 Å². The van der Waals surface area contributed by atoms with E-state index in [1.807, 2.05) is 0 Å². The third kappa shape index (κ3) is 4.86. The number of aliphatic hydroxyl groups is 1. The van der Waals surface area contributed by atoms with Crippen LogP contribution >= 0.6 is 0 Å². The first-order valence-electron chi connectivity index (χ1n) is 6.37. The summed E-state index contributed by atoms with van der Waals surface area (Å²) in [5.41, 5.74) is 0. The lowest BCUT2D eigenvalue weighted by molar-refractivity contribution is -0.196. The number of esters is 1. The number of carbonyl (C=O) groups is 1. The zero-order valence-electron chi connectivity index (χ0n) is 10.8. The summed E-state index contributed by atoms with van der Waals surface area (Å²) >= 11 is 0. The number of aliphatic hydroxyl groups excluding tert-OH is 1. The van der Waals surface area contributed by atoms with E-state index < -0.39 is 24.2 Å². The van der Waals surface area contributed by atoms with Crippen molar-refractivity contribution in [3.63, 3.8) is 0 Å². The first-order chi connectivity index (χ1) is 8.86. The van der Waals surface area contributed by atoms with E-state index in [0.717, 1.165) is 45.3 Å². The van der Waals surface area contributed by atoms with Crippen molar-refractivity contribution in [1.82, 2.24) is 0 Å². The van der Waals surface area contributed by atoms with Gasteiger partial charge < -0.3 is 9.84 Å². The number of hydrogen-bond acceptors (Lipinski definition) is 3. The van der Waals surface area contributed by atoms with Gasteiger partial charge in [-0.05, 0) is 18.8 Å². The lowest BCUT2D eigenvalue weighted by Crippen LogP contribution is -2.38. The third-order valence-electron chi connectivity index (χ3n) is 3.40. The second-order valence-electron chi connectivity index (χ2n) is 4.82. The molecule has 1 saturated carbocycles. The molecule has 0 aliphatic heterocycles. The van der Waals surface area contributed by atoms with Gasteiger partial charge in [0.2, 0.25) is 0 Å². The quantitative estimate of drug-likeness (QED) is 0.636. The average Bonchev–Trinajstić information content (AvgIpc) is 2.37. The highest BCUT2D eigenvalue weighted by Gasteiger charge is 2.45. The molecule has 0 spiro atoms. The molecule has 0 aromatic carbocycles. The lowest BCUT2D eigenvalue weighted by Gasteiger charge is -2.22. The van der Waals surface area contributed by atoms with Gasteiger partial charge in [0.1, 0.15) is 5.92 Å². The second-order valence-corrected chi connectivity index (χ2v) is 4.82. The van der Waals surface area contributed by atoms with Crippen LogP contribution in [0.4, 0.5) is 13.2 Å². The number of hydrogen-bond donors (Lipinski definition) is 1. The Morgan fingerprint density at radius 3 is 2.37 bits per heavy atom. The summed E-state index contributed by atoms with van der Waals surface area (Å²) in [6, 6.07) is 0. The highest BCUT2D eigenvalue weighted by atomic mass is 19.4. The predicted molar refractivity (Wildman–Crippen MR) is 63.3 cm³/mol. The van der Waals surface area contributed by atoms with Crippen LogP contribution in [-0.2, 0) is 9.53 Å². The van der Waals surface area contributed by atoms with Crippen molar-refractivity contribution in [2.24, 2.45) is 11.8 Å². The summed E-state index contributed by atoms with van der Waals surface area (Å²) in [6.07, 6.45) is 0.337. The molecule has 0 saturated heterocycles. The van der Waals surface area contributed by atoms with Crippen LogP contribution in [0.2, 0.25) is 0 Å². The molecule has 19 heavy (non-hydrogen) atoms. The fraction of sp³-hybridized carbons (Fsp3) is 0.769. The highest BCUT2D eigenvalue weighted by molar-refractivity contribution is 5.75. The molecule has 3 nitrogen and oxygen atoms in total. The number of allylic oxidation sites excluding steroid dienone is 1. The maximum atomic E-state index is 12.8. The fourth-order valence-corrected chi connectivity index (χ4v) is 2.26. The molecule has 6 heteroatoms. The van der Waals surface area contributed by atoms with E-state index in [9.17, 15) is 23.1 Å². The summed E-state index contributed by atoms with van der Waals surface area (Å²) in [5, 5.41) is 9.40. The Morgan fingerprint density at radius 2 is 1.89 bits per heavy atom. The van der Waals surface area contributed by atoms with E-state index in [1.54, 1.807) is 0 Å². The van der Waals surface area contributed by atoms with Crippen molar-refractivity contribution in [2.75, 3.05) is 7.11 Å². The van der Waals surface area contributed by atoms with Gasteiger partial charge in [0.05, 0.1) is 7.11 Å². The smallest absolute Gasteiger partial charge is 0.398 e. The zero-order chi connectivity index (χ0) is 14.5. The fourth-order valence-electron chi connectivity index (χ4n) is 2.26. The summed E-state index contributed by atoms with van der Waals surface area (Å²) < 4.78 is 42.6. The summed E-state index contributed by atoms with van der Waals surface area (Å²) in [5.74, 6) is -3.37. The number of halogens is 3. The Labute approximate surface area is 110 Å². The summed E-state index contributed by atoms with van der Waals surface area (Å²) in [7, 11) is 0.948. The molecule has 0 aromatic rings. The van der Waals surface area contributed by atoms with Gasteiger partial charge in [-0.2, -0.15) is 13.2 Å². The third-order valence-corrected chi connectivity index (χ3v) is 3.40. The number of rotatable bonds is 4. The van der Waals surface area contributed by atoms with Crippen molar-refractivity contribution in [3.8, 4) is 0 Å². The number of alkyl halides is 3. The maximum Gasteiger partial charge on any atom is 0.398 e.